The molecule has 1 aliphatic rings. The van der Waals surface area contributed by atoms with Gasteiger partial charge in [0.15, 0.2) is 12.3 Å². The van der Waals surface area contributed by atoms with E-state index in [1.165, 1.54) is 12.1 Å². The predicted octanol–water partition coefficient (Wildman–Crippen LogP) is 3.83. The predicted molar refractivity (Wildman–Crippen MR) is 132 cm³/mol. The van der Waals surface area contributed by atoms with Crippen LogP contribution in [0.3, 0.4) is 0 Å². The minimum atomic E-state index is -0.541. The quantitative estimate of drug-likeness (QED) is 0.465. The second-order valence-corrected chi connectivity index (χ2v) is 8.10. The molecule has 0 fully saturated rings. The first-order valence-corrected chi connectivity index (χ1v) is 11.4. The van der Waals surface area contributed by atoms with Crippen LogP contribution in [0.25, 0.3) is 0 Å². The van der Waals surface area contributed by atoms with Crippen molar-refractivity contribution in [3.8, 4) is 5.75 Å². The molecule has 2 aromatic carbocycles. The van der Waals surface area contributed by atoms with Crippen molar-refractivity contribution in [2.24, 2.45) is 10.8 Å². The number of likely N-dealkylation sites (N-methyl/N-ethyl adjacent to an activating group) is 1. The number of hydrogen-bond acceptors (Lipinski definition) is 5. The Hall–Kier alpha value is -3.62. The van der Waals surface area contributed by atoms with E-state index in [-0.39, 0.29) is 17.0 Å². The maximum Gasteiger partial charge on any atom is 0.269 e. The first-order chi connectivity index (χ1) is 16.5. The van der Waals surface area contributed by atoms with E-state index >= 15 is 0 Å². The molecule has 1 unspecified atom stereocenters. The summed E-state index contributed by atoms with van der Waals surface area (Å²) in [6, 6.07) is 17.7. The summed E-state index contributed by atoms with van der Waals surface area (Å²) in [4.78, 5) is 18.3. The van der Waals surface area contributed by atoms with E-state index in [2.05, 4.69) is 18.7 Å². The van der Waals surface area contributed by atoms with Gasteiger partial charge in [0.1, 0.15) is 23.8 Å². The number of aromatic nitrogens is 1. The van der Waals surface area contributed by atoms with E-state index in [4.69, 9.17) is 20.6 Å². The van der Waals surface area contributed by atoms with E-state index < -0.39 is 5.91 Å². The molecule has 0 radical (unpaired) electrons. The van der Waals surface area contributed by atoms with Crippen LogP contribution in [-0.2, 0) is 4.79 Å². The third-order valence-electron chi connectivity index (χ3n) is 6.04. The van der Waals surface area contributed by atoms with Crippen LogP contribution in [0.5, 0.6) is 5.75 Å². The van der Waals surface area contributed by atoms with E-state index in [9.17, 15) is 9.18 Å². The fraction of sp³-hybridized carbons (Fsp3) is 0.269. The molecule has 7 nitrogen and oxygen atoms in total. The summed E-state index contributed by atoms with van der Waals surface area (Å²) in [6.07, 6.45) is 1.76. The lowest BCUT2D eigenvalue weighted by atomic mass is 10.0. The average Bonchev–Trinajstić information content (AvgIpc) is 3.20. The maximum atomic E-state index is 13.6. The van der Waals surface area contributed by atoms with Gasteiger partial charge in [-0.2, -0.15) is 0 Å². The molecule has 0 saturated heterocycles. The number of amides is 1. The van der Waals surface area contributed by atoms with Gasteiger partial charge in [0.25, 0.3) is 11.7 Å². The Bertz CT molecular complexity index is 1190. The highest BCUT2D eigenvalue weighted by atomic mass is 19.1. The van der Waals surface area contributed by atoms with Crippen LogP contribution in [0.4, 0.5) is 15.9 Å². The first-order valence-electron chi connectivity index (χ1n) is 11.4. The Morgan fingerprint density at radius 3 is 2.56 bits per heavy atom. The van der Waals surface area contributed by atoms with Gasteiger partial charge in [-0.3, -0.25) is 9.69 Å². The number of nitrogens with zero attached hydrogens (tertiary/aromatic N) is 4. The van der Waals surface area contributed by atoms with E-state index in [1.807, 2.05) is 30.3 Å². The molecule has 1 aliphatic heterocycles. The van der Waals surface area contributed by atoms with Crippen LogP contribution in [0.2, 0.25) is 0 Å². The molecule has 0 saturated carbocycles. The second-order valence-electron chi connectivity index (χ2n) is 8.10. The Kier molecular flexibility index (Phi) is 7.00. The third-order valence-corrected chi connectivity index (χ3v) is 6.04. The van der Waals surface area contributed by atoms with E-state index in [0.717, 1.165) is 48.0 Å². The topological polar surface area (TPSA) is 80.8 Å². The fourth-order valence-corrected chi connectivity index (χ4v) is 4.22. The Morgan fingerprint density at radius 2 is 1.85 bits per heavy atom. The molecule has 2 N–H and O–H groups in total. The van der Waals surface area contributed by atoms with Crippen LogP contribution >= 0.6 is 0 Å². The molecule has 0 spiro atoms. The van der Waals surface area contributed by atoms with Gasteiger partial charge in [-0.15, -0.1) is 4.59 Å². The number of primary amides is 1. The van der Waals surface area contributed by atoms with Gasteiger partial charge in [-0.25, -0.2) is 9.37 Å². The van der Waals surface area contributed by atoms with Gasteiger partial charge >= 0.3 is 0 Å². The van der Waals surface area contributed by atoms with Crippen molar-refractivity contribution < 1.29 is 13.9 Å². The summed E-state index contributed by atoms with van der Waals surface area (Å²) < 4.78 is 19.4. The number of carbonyl (C=O) groups excluding carboxylic acids is 1. The molecular weight excluding hydrogens is 433 g/mol. The van der Waals surface area contributed by atoms with Crippen molar-refractivity contribution in [3.63, 3.8) is 0 Å². The zero-order valence-corrected chi connectivity index (χ0v) is 19.4. The lowest BCUT2D eigenvalue weighted by Gasteiger charge is -2.30. The molecule has 1 atom stereocenters. The number of hydrogen-bond donors (Lipinski definition) is 1. The molecule has 4 rings (SSSR count). The van der Waals surface area contributed by atoms with Gasteiger partial charge < -0.3 is 10.5 Å². The number of nitrogens with two attached hydrogens (primary N) is 1. The molecule has 3 aromatic rings. The summed E-state index contributed by atoms with van der Waals surface area (Å²) in [6.45, 7) is 7.32. The second kappa shape index (κ2) is 10.1. The van der Waals surface area contributed by atoms with Crippen molar-refractivity contribution in [2.75, 3.05) is 32.8 Å². The number of quaternary nitrogens is 1. The minimum absolute atomic E-state index is 0.132. The number of halogens is 1. The highest BCUT2D eigenvalue weighted by Gasteiger charge is 2.45. The van der Waals surface area contributed by atoms with Crippen LogP contribution < -0.4 is 15.1 Å². The average molecular weight is 463 g/mol. The maximum absolute atomic E-state index is 13.6. The standard InChI is InChI=1S/C26H28FN5O2/c1-3-31(4-2)15-16-32(21-7-5-8-22(17-21)34-18-24(28)33)26-23(9-6-14-29-26)25(30-32)19-10-12-20(27)13-11-19/h5-14,17H,3-4,15-16,18H2,1-2H3,(H-,28,33)/p+1. The van der Waals surface area contributed by atoms with Crippen LogP contribution in [0.1, 0.15) is 25.0 Å². The van der Waals surface area contributed by atoms with E-state index in [1.54, 1.807) is 24.4 Å². The lowest BCUT2D eigenvalue weighted by molar-refractivity contribution is -0.119. The molecular formula is C26H29FN5O2+. The van der Waals surface area contributed by atoms with Gasteiger partial charge in [-0.05, 0) is 55.6 Å². The van der Waals surface area contributed by atoms with Crippen LogP contribution in [0.15, 0.2) is 72.0 Å². The summed E-state index contributed by atoms with van der Waals surface area (Å²) in [5.74, 6) is 0.483. The van der Waals surface area contributed by atoms with Crippen molar-refractivity contribution in [3.05, 3.63) is 83.8 Å². The summed E-state index contributed by atoms with van der Waals surface area (Å²) in [5.41, 5.74) is 8.59. The van der Waals surface area contributed by atoms with Crippen molar-refractivity contribution in [1.29, 1.82) is 0 Å². The largest absolute Gasteiger partial charge is 0.484 e. The molecule has 176 valence electrons. The van der Waals surface area contributed by atoms with Gasteiger partial charge in [-0.1, -0.05) is 25.0 Å². The lowest BCUT2D eigenvalue weighted by Crippen LogP contribution is -2.44. The number of carbonyl (C=O) groups is 1. The highest BCUT2D eigenvalue weighted by Crippen LogP contribution is 2.43. The third kappa shape index (κ3) is 4.69. The van der Waals surface area contributed by atoms with Crippen molar-refractivity contribution in [2.45, 2.75) is 13.8 Å². The van der Waals surface area contributed by atoms with Crippen molar-refractivity contribution >= 4 is 23.1 Å². The Balaban J connectivity index is 1.86. The van der Waals surface area contributed by atoms with Crippen LogP contribution in [0, 0.1) is 5.82 Å². The molecule has 0 bridgehead atoms. The van der Waals surface area contributed by atoms with Crippen LogP contribution in [-0.4, -0.2) is 54.3 Å². The smallest absolute Gasteiger partial charge is 0.269 e. The number of benzene rings is 2. The highest BCUT2D eigenvalue weighted by molar-refractivity contribution is 6.17. The summed E-state index contributed by atoms with van der Waals surface area (Å²) in [7, 11) is 0. The number of rotatable bonds is 10. The molecule has 1 aromatic heterocycles. The SMILES string of the molecule is CCN(CC)CC[N+]1(c2cccc(OCC(N)=O)c2)N=C(c2ccc(F)cc2)c2cccnc21. The zero-order chi connectivity index (χ0) is 24.1. The Morgan fingerprint density at radius 1 is 1.09 bits per heavy atom. The normalized spacial score (nSPS) is 16.9. The molecule has 2 heterocycles. The van der Waals surface area contributed by atoms with Gasteiger partial charge in [0.2, 0.25) is 0 Å². The first kappa shape index (κ1) is 23.5. The number of pyridine rings is 1. The number of ether oxygens (including phenoxy) is 1. The molecule has 1 amide bonds. The van der Waals surface area contributed by atoms with E-state index in [0.29, 0.717) is 12.3 Å². The fourth-order valence-electron chi connectivity index (χ4n) is 4.22. The van der Waals surface area contributed by atoms with Crippen molar-refractivity contribution in [1.82, 2.24) is 14.5 Å². The Labute approximate surface area is 198 Å². The number of fused-ring (bicyclic) bond motifs is 1. The summed E-state index contributed by atoms with van der Waals surface area (Å²) in [5, 5.41) is 5.23. The zero-order valence-electron chi connectivity index (χ0n) is 19.4. The summed E-state index contributed by atoms with van der Waals surface area (Å²) >= 11 is 0. The molecule has 0 aliphatic carbocycles. The van der Waals surface area contributed by atoms with Gasteiger partial charge in [0, 0.05) is 23.9 Å². The molecule has 8 heteroatoms. The molecule has 34 heavy (non-hydrogen) atoms. The monoisotopic (exact) mass is 462 g/mol. The minimum Gasteiger partial charge on any atom is -0.484 e. The van der Waals surface area contributed by atoms with Gasteiger partial charge in [0.05, 0.1) is 12.1 Å².